The van der Waals surface area contributed by atoms with Gasteiger partial charge in [0.05, 0.1) is 0 Å². The number of nitrogens with two attached hydrogens (primary N) is 1. The van der Waals surface area contributed by atoms with Gasteiger partial charge >= 0.3 is 0 Å². The van der Waals surface area contributed by atoms with Crippen LogP contribution in [0.15, 0.2) is 18.3 Å². The number of nitrogens with zero attached hydrogens (tertiary/aromatic N) is 1. The molecule has 1 aromatic heterocycles. The minimum Gasteiger partial charge on any atom is -0.352 e. The molecular formula is C10H15N3O. The molecule has 1 saturated carbocycles. The third-order valence-corrected chi connectivity index (χ3v) is 2.39. The smallest absolute Gasteiger partial charge is 0.240 e. The van der Waals surface area contributed by atoms with Crippen LogP contribution < -0.4 is 11.1 Å². The quantitative estimate of drug-likeness (QED) is 0.719. The first-order chi connectivity index (χ1) is 6.79. The van der Waals surface area contributed by atoms with Crippen LogP contribution in [0.2, 0.25) is 0 Å². The highest BCUT2D eigenvalue weighted by molar-refractivity contribution is 5.76. The molecule has 4 nitrogen and oxygen atoms in total. The van der Waals surface area contributed by atoms with E-state index in [2.05, 4.69) is 5.32 Å². The van der Waals surface area contributed by atoms with Crippen molar-refractivity contribution in [1.82, 2.24) is 9.88 Å². The van der Waals surface area contributed by atoms with Crippen molar-refractivity contribution in [3.05, 3.63) is 24.0 Å². The Labute approximate surface area is 83.1 Å². The Morgan fingerprint density at radius 3 is 3.07 bits per heavy atom. The molecule has 0 spiro atoms. The summed E-state index contributed by atoms with van der Waals surface area (Å²) in [6, 6.07) is 4.27. The van der Waals surface area contributed by atoms with Crippen LogP contribution in [0, 0.1) is 0 Å². The number of rotatable bonds is 4. The Kier molecular flexibility index (Phi) is 2.54. The van der Waals surface area contributed by atoms with Gasteiger partial charge in [-0.25, -0.2) is 0 Å². The number of amides is 1. The van der Waals surface area contributed by atoms with Crippen molar-refractivity contribution < 1.29 is 4.79 Å². The molecule has 1 aromatic rings. The van der Waals surface area contributed by atoms with Crippen LogP contribution >= 0.6 is 0 Å². The Hall–Kier alpha value is -1.29. The lowest BCUT2D eigenvalue weighted by atomic mass is 10.4. The molecule has 0 aromatic carbocycles. The van der Waals surface area contributed by atoms with Gasteiger partial charge in [-0.15, -0.1) is 0 Å². The lowest BCUT2D eigenvalue weighted by Gasteiger charge is -2.07. The summed E-state index contributed by atoms with van der Waals surface area (Å²) in [5.41, 5.74) is 6.53. The zero-order valence-electron chi connectivity index (χ0n) is 8.07. The molecule has 76 valence electrons. The van der Waals surface area contributed by atoms with Crippen LogP contribution in [0.4, 0.5) is 0 Å². The Balaban J connectivity index is 1.91. The number of aromatic nitrogens is 1. The van der Waals surface area contributed by atoms with Crippen LogP contribution in [0.1, 0.15) is 18.5 Å². The van der Waals surface area contributed by atoms with E-state index in [9.17, 15) is 4.79 Å². The van der Waals surface area contributed by atoms with Crippen LogP contribution in [0.3, 0.4) is 0 Å². The van der Waals surface area contributed by atoms with E-state index in [1.165, 1.54) is 0 Å². The minimum absolute atomic E-state index is 0.0819. The maximum atomic E-state index is 11.5. The van der Waals surface area contributed by atoms with Gasteiger partial charge < -0.3 is 15.6 Å². The van der Waals surface area contributed by atoms with E-state index < -0.39 is 0 Å². The molecule has 3 N–H and O–H groups in total. The molecule has 1 amide bonds. The highest BCUT2D eigenvalue weighted by Crippen LogP contribution is 2.18. The van der Waals surface area contributed by atoms with Gasteiger partial charge in [-0.3, -0.25) is 4.79 Å². The molecule has 1 fully saturated rings. The fourth-order valence-corrected chi connectivity index (χ4v) is 1.44. The van der Waals surface area contributed by atoms with E-state index in [0.717, 1.165) is 18.5 Å². The van der Waals surface area contributed by atoms with Crippen molar-refractivity contribution in [2.75, 3.05) is 0 Å². The Morgan fingerprint density at radius 2 is 2.43 bits per heavy atom. The number of hydrogen-bond acceptors (Lipinski definition) is 2. The number of hydrogen-bond donors (Lipinski definition) is 2. The van der Waals surface area contributed by atoms with Crippen LogP contribution in [0.25, 0.3) is 0 Å². The summed E-state index contributed by atoms with van der Waals surface area (Å²) in [5.74, 6) is 0.0819. The minimum atomic E-state index is 0.0819. The molecule has 0 radical (unpaired) electrons. The molecule has 1 heterocycles. The monoisotopic (exact) mass is 193 g/mol. The second kappa shape index (κ2) is 3.84. The highest BCUT2D eigenvalue weighted by atomic mass is 16.2. The molecule has 0 saturated heterocycles. The fraction of sp³-hybridized carbons (Fsp3) is 0.500. The summed E-state index contributed by atoms with van der Waals surface area (Å²) in [6.07, 6.45) is 4.14. The van der Waals surface area contributed by atoms with E-state index in [-0.39, 0.29) is 5.91 Å². The highest BCUT2D eigenvalue weighted by Gasteiger charge is 2.23. The van der Waals surface area contributed by atoms with E-state index in [1.807, 2.05) is 22.9 Å². The van der Waals surface area contributed by atoms with Gasteiger partial charge in [0.25, 0.3) is 0 Å². The Morgan fingerprint density at radius 1 is 1.64 bits per heavy atom. The molecule has 2 rings (SSSR count). The molecule has 4 heteroatoms. The summed E-state index contributed by atoms with van der Waals surface area (Å²) in [7, 11) is 0. The van der Waals surface area contributed by atoms with Crippen LogP contribution in [0.5, 0.6) is 0 Å². The van der Waals surface area contributed by atoms with Crippen molar-refractivity contribution in [1.29, 1.82) is 0 Å². The summed E-state index contributed by atoms with van der Waals surface area (Å²) < 4.78 is 1.89. The van der Waals surface area contributed by atoms with Gasteiger partial charge in [0.1, 0.15) is 6.54 Å². The third kappa shape index (κ3) is 2.14. The third-order valence-electron chi connectivity index (χ3n) is 2.39. The van der Waals surface area contributed by atoms with Crippen molar-refractivity contribution >= 4 is 5.91 Å². The predicted octanol–water partition coefficient (Wildman–Crippen LogP) is 0.225. The molecule has 1 aliphatic carbocycles. The van der Waals surface area contributed by atoms with E-state index >= 15 is 0 Å². The van der Waals surface area contributed by atoms with Gasteiger partial charge in [-0.1, -0.05) is 0 Å². The van der Waals surface area contributed by atoms with Gasteiger partial charge in [-0.2, -0.15) is 0 Å². The van der Waals surface area contributed by atoms with Gasteiger partial charge in [0, 0.05) is 24.5 Å². The van der Waals surface area contributed by atoms with E-state index in [4.69, 9.17) is 5.73 Å². The molecule has 14 heavy (non-hydrogen) atoms. The molecule has 0 unspecified atom stereocenters. The zero-order chi connectivity index (χ0) is 9.97. The standard InChI is InChI=1S/C10H15N3O/c11-6-9-2-1-5-13(9)7-10(14)12-8-3-4-8/h1-2,5,8H,3-4,6-7,11H2,(H,12,14). The summed E-state index contributed by atoms with van der Waals surface area (Å²) >= 11 is 0. The van der Waals surface area contributed by atoms with Crippen molar-refractivity contribution in [2.24, 2.45) is 5.73 Å². The predicted molar refractivity (Wildman–Crippen MR) is 53.5 cm³/mol. The average molecular weight is 193 g/mol. The van der Waals surface area contributed by atoms with Gasteiger partial charge in [0.2, 0.25) is 5.91 Å². The lowest BCUT2D eigenvalue weighted by Crippen LogP contribution is -2.29. The second-order valence-electron chi connectivity index (χ2n) is 3.67. The zero-order valence-corrected chi connectivity index (χ0v) is 8.07. The lowest BCUT2D eigenvalue weighted by molar-refractivity contribution is -0.121. The topological polar surface area (TPSA) is 60.0 Å². The first-order valence-electron chi connectivity index (χ1n) is 4.93. The van der Waals surface area contributed by atoms with Gasteiger partial charge in [-0.05, 0) is 25.0 Å². The first-order valence-corrected chi connectivity index (χ1v) is 4.93. The van der Waals surface area contributed by atoms with Crippen LogP contribution in [-0.4, -0.2) is 16.5 Å². The molecular weight excluding hydrogens is 178 g/mol. The summed E-state index contributed by atoms with van der Waals surface area (Å²) in [4.78, 5) is 11.5. The second-order valence-corrected chi connectivity index (χ2v) is 3.67. The SMILES string of the molecule is NCc1cccn1CC(=O)NC1CC1. The molecule has 0 aliphatic heterocycles. The Bertz CT molecular complexity index is 328. The largest absolute Gasteiger partial charge is 0.352 e. The normalized spacial score (nSPS) is 15.5. The van der Waals surface area contributed by atoms with Crippen molar-refractivity contribution in [3.63, 3.8) is 0 Å². The molecule has 0 atom stereocenters. The summed E-state index contributed by atoms with van der Waals surface area (Å²) in [5, 5.41) is 2.94. The molecule has 0 bridgehead atoms. The number of carbonyl (C=O) groups is 1. The van der Waals surface area contributed by atoms with Crippen LogP contribution in [-0.2, 0) is 17.9 Å². The maximum absolute atomic E-state index is 11.5. The van der Waals surface area contributed by atoms with Crippen molar-refractivity contribution in [3.8, 4) is 0 Å². The fourth-order valence-electron chi connectivity index (χ4n) is 1.44. The summed E-state index contributed by atoms with van der Waals surface area (Å²) in [6.45, 7) is 0.861. The molecule has 1 aliphatic rings. The van der Waals surface area contributed by atoms with E-state index in [0.29, 0.717) is 19.1 Å². The van der Waals surface area contributed by atoms with Gasteiger partial charge in [0.15, 0.2) is 0 Å². The van der Waals surface area contributed by atoms with E-state index in [1.54, 1.807) is 0 Å². The van der Waals surface area contributed by atoms with Crippen molar-refractivity contribution in [2.45, 2.75) is 32.0 Å². The number of carbonyl (C=O) groups excluding carboxylic acids is 1. The first kappa shape index (κ1) is 9.27. The number of nitrogens with one attached hydrogen (secondary N) is 1. The average Bonchev–Trinajstić information content (AvgIpc) is 2.84. The maximum Gasteiger partial charge on any atom is 0.240 e.